The molecule has 0 aliphatic carbocycles. The third-order valence-corrected chi connectivity index (χ3v) is 1.43. The third-order valence-electron chi connectivity index (χ3n) is 1.43. The quantitative estimate of drug-likeness (QED) is 0.588. The molecule has 1 aromatic heterocycles. The molecule has 0 saturated carbocycles. The van der Waals surface area contributed by atoms with Gasteiger partial charge in [-0.15, -0.1) is 0 Å². The van der Waals surface area contributed by atoms with Gasteiger partial charge in [0.05, 0.1) is 11.4 Å². The van der Waals surface area contributed by atoms with Crippen molar-refractivity contribution in [1.82, 2.24) is 4.98 Å². The zero-order valence-corrected chi connectivity index (χ0v) is 6.91. The molecule has 0 aromatic carbocycles. The highest BCUT2D eigenvalue weighted by Gasteiger charge is 1.93. The predicted octanol–water partition coefficient (Wildman–Crippen LogP) is 1.91. The number of aliphatic imine (C=N–C) groups is 1. The number of hydrogen-bond acceptors (Lipinski definition) is 2. The molecular weight excluding hydrogens is 136 g/mol. The van der Waals surface area contributed by atoms with Gasteiger partial charge in [-0.1, -0.05) is 6.07 Å². The minimum atomic E-state index is 0.822. The Bertz CT molecular complexity index is 239. The van der Waals surface area contributed by atoms with E-state index in [9.17, 15) is 0 Å². The molecule has 0 aliphatic heterocycles. The molecule has 1 aromatic rings. The maximum absolute atomic E-state index is 4.25. The van der Waals surface area contributed by atoms with E-state index in [0.29, 0.717) is 0 Å². The Kier molecular flexibility index (Phi) is 2.78. The highest BCUT2D eigenvalue weighted by atomic mass is 14.8. The van der Waals surface area contributed by atoms with Crippen molar-refractivity contribution in [3.8, 4) is 0 Å². The van der Waals surface area contributed by atoms with Crippen LogP contribution in [0.1, 0.15) is 19.5 Å². The lowest BCUT2D eigenvalue weighted by Crippen LogP contribution is -1.97. The summed E-state index contributed by atoms with van der Waals surface area (Å²) in [7, 11) is 0. The fraction of sp³-hybridized carbons (Fsp3) is 0.333. The summed E-state index contributed by atoms with van der Waals surface area (Å²) in [6.07, 6.45) is 1.78. The van der Waals surface area contributed by atoms with E-state index in [1.165, 1.54) is 0 Å². The average molecular weight is 148 g/mol. The van der Waals surface area contributed by atoms with Crippen LogP contribution >= 0.6 is 0 Å². The first-order chi connectivity index (χ1) is 5.34. The van der Waals surface area contributed by atoms with Crippen LogP contribution in [0, 0.1) is 0 Å². The van der Waals surface area contributed by atoms with E-state index in [1.54, 1.807) is 6.20 Å². The topological polar surface area (TPSA) is 25.2 Å². The van der Waals surface area contributed by atoms with Gasteiger partial charge in [-0.2, -0.15) is 0 Å². The molecule has 0 unspecified atom stereocenters. The second kappa shape index (κ2) is 3.86. The SMILES string of the molecule is CC/N=C(\C)c1ccccn1. The lowest BCUT2D eigenvalue weighted by molar-refractivity contribution is 1.12. The summed E-state index contributed by atoms with van der Waals surface area (Å²) in [6, 6.07) is 5.84. The van der Waals surface area contributed by atoms with Crippen molar-refractivity contribution in [3.63, 3.8) is 0 Å². The van der Waals surface area contributed by atoms with Crippen molar-refractivity contribution in [2.45, 2.75) is 13.8 Å². The number of pyridine rings is 1. The van der Waals surface area contributed by atoms with Gasteiger partial charge in [-0.05, 0) is 26.0 Å². The number of nitrogens with zero attached hydrogens (tertiary/aromatic N) is 2. The van der Waals surface area contributed by atoms with Gasteiger partial charge in [0.1, 0.15) is 0 Å². The van der Waals surface area contributed by atoms with Crippen molar-refractivity contribution < 1.29 is 0 Å². The van der Waals surface area contributed by atoms with Crippen LogP contribution in [0.4, 0.5) is 0 Å². The van der Waals surface area contributed by atoms with Crippen LogP contribution in [0.5, 0.6) is 0 Å². The second-order valence-corrected chi connectivity index (χ2v) is 2.27. The highest BCUT2D eigenvalue weighted by Crippen LogP contribution is 1.95. The van der Waals surface area contributed by atoms with E-state index >= 15 is 0 Å². The lowest BCUT2D eigenvalue weighted by atomic mass is 10.2. The summed E-state index contributed by atoms with van der Waals surface area (Å²) in [5.74, 6) is 0. The molecule has 0 bridgehead atoms. The molecule has 2 nitrogen and oxygen atoms in total. The van der Waals surface area contributed by atoms with Crippen molar-refractivity contribution in [2.24, 2.45) is 4.99 Å². The molecule has 0 aliphatic rings. The molecule has 0 fully saturated rings. The Morgan fingerprint density at radius 1 is 1.55 bits per heavy atom. The summed E-state index contributed by atoms with van der Waals surface area (Å²) in [5, 5.41) is 0. The molecule has 11 heavy (non-hydrogen) atoms. The third kappa shape index (κ3) is 2.15. The van der Waals surface area contributed by atoms with Gasteiger partial charge in [0.25, 0.3) is 0 Å². The number of hydrogen-bond donors (Lipinski definition) is 0. The summed E-state index contributed by atoms with van der Waals surface area (Å²) >= 11 is 0. The Hall–Kier alpha value is -1.18. The summed E-state index contributed by atoms with van der Waals surface area (Å²) in [6.45, 7) is 4.82. The first-order valence-corrected chi connectivity index (χ1v) is 3.77. The smallest absolute Gasteiger partial charge is 0.0836 e. The van der Waals surface area contributed by atoms with Crippen LogP contribution in [-0.4, -0.2) is 17.2 Å². The van der Waals surface area contributed by atoms with Crippen LogP contribution in [0.15, 0.2) is 29.4 Å². The van der Waals surface area contributed by atoms with Crippen molar-refractivity contribution in [2.75, 3.05) is 6.54 Å². The normalized spacial score (nSPS) is 11.6. The van der Waals surface area contributed by atoms with Crippen LogP contribution in [-0.2, 0) is 0 Å². The molecule has 0 amide bonds. The maximum Gasteiger partial charge on any atom is 0.0836 e. The molecule has 1 heterocycles. The molecule has 0 N–H and O–H groups in total. The minimum absolute atomic E-state index is 0.822. The van der Waals surface area contributed by atoms with Crippen molar-refractivity contribution in [1.29, 1.82) is 0 Å². The predicted molar refractivity (Wildman–Crippen MR) is 47.0 cm³/mol. The summed E-state index contributed by atoms with van der Waals surface area (Å²) in [5.41, 5.74) is 1.97. The van der Waals surface area contributed by atoms with E-state index in [-0.39, 0.29) is 0 Å². The van der Waals surface area contributed by atoms with E-state index in [0.717, 1.165) is 18.0 Å². The van der Waals surface area contributed by atoms with Crippen LogP contribution in [0.3, 0.4) is 0 Å². The fourth-order valence-electron chi connectivity index (χ4n) is 0.895. The minimum Gasteiger partial charge on any atom is -0.288 e. The largest absolute Gasteiger partial charge is 0.288 e. The summed E-state index contributed by atoms with van der Waals surface area (Å²) in [4.78, 5) is 8.42. The molecule has 58 valence electrons. The molecule has 0 radical (unpaired) electrons. The van der Waals surface area contributed by atoms with Crippen LogP contribution in [0.2, 0.25) is 0 Å². The van der Waals surface area contributed by atoms with Gasteiger partial charge < -0.3 is 0 Å². The van der Waals surface area contributed by atoms with Gasteiger partial charge in [-0.25, -0.2) is 0 Å². The standard InChI is InChI=1S/C9H12N2/c1-3-10-8(2)9-6-4-5-7-11-9/h4-7H,3H2,1-2H3/b10-8+. The molecule has 0 saturated heterocycles. The highest BCUT2D eigenvalue weighted by molar-refractivity contribution is 5.96. The van der Waals surface area contributed by atoms with Gasteiger partial charge in [0.15, 0.2) is 0 Å². The van der Waals surface area contributed by atoms with Crippen LogP contribution in [0.25, 0.3) is 0 Å². The van der Waals surface area contributed by atoms with Crippen molar-refractivity contribution >= 4 is 5.71 Å². The fourth-order valence-corrected chi connectivity index (χ4v) is 0.895. The number of rotatable bonds is 2. The monoisotopic (exact) mass is 148 g/mol. The van der Waals surface area contributed by atoms with Gasteiger partial charge in [-0.3, -0.25) is 9.98 Å². The van der Waals surface area contributed by atoms with E-state index in [4.69, 9.17) is 0 Å². The van der Waals surface area contributed by atoms with E-state index in [2.05, 4.69) is 9.98 Å². The Balaban J connectivity index is 2.85. The van der Waals surface area contributed by atoms with Gasteiger partial charge in [0, 0.05) is 12.7 Å². The summed E-state index contributed by atoms with van der Waals surface area (Å²) < 4.78 is 0. The Morgan fingerprint density at radius 2 is 2.36 bits per heavy atom. The zero-order valence-electron chi connectivity index (χ0n) is 6.91. The molecule has 2 heteroatoms. The van der Waals surface area contributed by atoms with E-state index < -0.39 is 0 Å². The molecule has 1 rings (SSSR count). The molecule has 0 spiro atoms. The lowest BCUT2D eigenvalue weighted by Gasteiger charge is -1.96. The number of aromatic nitrogens is 1. The molecule has 0 atom stereocenters. The van der Waals surface area contributed by atoms with Gasteiger partial charge in [0.2, 0.25) is 0 Å². The van der Waals surface area contributed by atoms with E-state index in [1.807, 2.05) is 32.0 Å². The van der Waals surface area contributed by atoms with Crippen LogP contribution < -0.4 is 0 Å². The average Bonchev–Trinajstić information content (AvgIpc) is 2.07. The van der Waals surface area contributed by atoms with Gasteiger partial charge >= 0.3 is 0 Å². The van der Waals surface area contributed by atoms with Crippen molar-refractivity contribution in [3.05, 3.63) is 30.1 Å². The zero-order chi connectivity index (χ0) is 8.10. The Morgan fingerprint density at radius 3 is 2.91 bits per heavy atom. The first-order valence-electron chi connectivity index (χ1n) is 3.77. The Labute approximate surface area is 67.0 Å². The first kappa shape index (κ1) is 7.92. The molecular formula is C9H12N2. The second-order valence-electron chi connectivity index (χ2n) is 2.27. The maximum atomic E-state index is 4.25.